The lowest BCUT2D eigenvalue weighted by Gasteiger charge is -2.43. The minimum absolute atomic E-state index is 0.170. The maximum Gasteiger partial charge on any atom is 0.137 e. The van der Waals surface area contributed by atoms with E-state index in [1.165, 1.54) is 4.90 Å². The predicted molar refractivity (Wildman–Crippen MR) is 66.4 cm³/mol. The van der Waals surface area contributed by atoms with Gasteiger partial charge in [-0.25, -0.2) is 0 Å². The van der Waals surface area contributed by atoms with Crippen molar-refractivity contribution in [2.45, 2.75) is 25.0 Å². The first-order valence-corrected chi connectivity index (χ1v) is 6.23. The molecule has 3 heteroatoms. The van der Waals surface area contributed by atoms with Gasteiger partial charge in [0, 0.05) is 13.0 Å². The zero-order valence-corrected chi connectivity index (χ0v) is 10.4. The SMILES string of the molecule is [CH2-][NH+]1CCC(O)(c2ccccc2)C(OCC)C1. The molecule has 0 bridgehead atoms. The fourth-order valence-electron chi connectivity index (χ4n) is 2.52. The van der Waals surface area contributed by atoms with Crippen molar-refractivity contribution in [1.82, 2.24) is 0 Å². The third-order valence-corrected chi connectivity index (χ3v) is 3.51. The highest BCUT2D eigenvalue weighted by Crippen LogP contribution is 2.31. The molecule has 17 heavy (non-hydrogen) atoms. The van der Waals surface area contributed by atoms with E-state index in [2.05, 4.69) is 7.05 Å². The molecule has 1 saturated heterocycles. The highest BCUT2D eigenvalue weighted by molar-refractivity contribution is 5.24. The van der Waals surface area contributed by atoms with Crippen molar-refractivity contribution in [2.24, 2.45) is 0 Å². The second kappa shape index (κ2) is 5.17. The summed E-state index contributed by atoms with van der Waals surface area (Å²) in [4.78, 5) is 1.17. The number of piperidine rings is 1. The number of quaternary nitrogens is 1. The van der Waals surface area contributed by atoms with Crippen LogP contribution < -0.4 is 4.90 Å². The summed E-state index contributed by atoms with van der Waals surface area (Å²) >= 11 is 0. The lowest BCUT2D eigenvalue weighted by atomic mass is 9.82. The van der Waals surface area contributed by atoms with Gasteiger partial charge in [-0.05, 0) is 12.5 Å². The van der Waals surface area contributed by atoms with Crippen LogP contribution in [0.5, 0.6) is 0 Å². The van der Waals surface area contributed by atoms with Crippen molar-refractivity contribution in [3.05, 3.63) is 42.9 Å². The number of ether oxygens (including phenoxy) is 1. The van der Waals surface area contributed by atoms with E-state index in [0.717, 1.165) is 18.7 Å². The summed E-state index contributed by atoms with van der Waals surface area (Å²) in [6.07, 6.45) is 0.525. The van der Waals surface area contributed by atoms with E-state index in [1.54, 1.807) is 0 Å². The zero-order valence-electron chi connectivity index (χ0n) is 10.4. The predicted octanol–water partition coefficient (Wildman–Crippen LogP) is 0.359. The Morgan fingerprint density at radius 2 is 2.18 bits per heavy atom. The quantitative estimate of drug-likeness (QED) is 0.742. The van der Waals surface area contributed by atoms with Crippen LogP contribution in [0, 0.1) is 7.05 Å². The van der Waals surface area contributed by atoms with Gasteiger partial charge in [-0.1, -0.05) is 30.3 Å². The lowest BCUT2D eigenvalue weighted by Crippen LogP contribution is -3.10. The lowest BCUT2D eigenvalue weighted by molar-refractivity contribution is -0.867. The second-order valence-corrected chi connectivity index (χ2v) is 4.69. The van der Waals surface area contributed by atoms with Crippen LogP contribution in [0.2, 0.25) is 0 Å². The van der Waals surface area contributed by atoms with Gasteiger partial charge in [-0.3, -0.25) is 0 Å². The standard InChI is InChI=1S/C14H21NO2/c1-3-17-13-11-15(2)10-9-14(13,16)12-7-5-4-6-8-12/h4-8,13,15-16H,2-3,9-11H2,1H3. The first-order valence-electron chi connectivity index (χ1n) is 6.23. The molecule has 1 aromatic carbocycles. The summed E-state index contributed by atoms with van der Waals surface area (Å²) in [5.74, 6) is 0. The third kappa shape index (κ3) is 2.51. The highest BCUT2D eigenvalue weighted by Gasteiger charge is 2.43. The van der Waals surface area contributed by atoms with Crippen LogP contribution in [0.15, 0.2) is 30.3 Å². The molecule has 0 saturated carbocycles. The first kappa shape index (κ1) is 12.6. The van der Waals surface area contributed by atoms with Crippen LogP contribution in [0.1, 0.15) is 18.9 Å². The van der Waals surface area contributed by atoms with Gasteiger partial charge in [-0.2, -0.15) is 7.05 Å². The van der Waals surface area contributed by atoms with E-state index >= 15 is 0 Å². The maximum atomic E-state index is 10.9. The van der Waals surface area contributed by atoms with Crippen molar-refractivity contribution in [3.63, 3.8) is 0 Å². The number of aliphatic hydroxyl groups is 1. The van der Waals surface area contributed by atoms with Gasteiger partial charge in [-0.15, -0.1) is 0 Å². The fraction of sp³-hybridized carbons (Fsp3) is 0.500. The molecule has 1 aliphatic rings. The molecular formula is C14H21NO2. The molecule has 1 heterocycles. The average Bonchev–Trinajstić information content (AvgIpc) is 2.35. The molecule has 3 atom stereocenters. The van der Waals surface area contributed by atoms with Gasteiger partial charge in [0.25, 0.3) is 0 Å². The van der Waals surface area contributed by atoms with E-state index in [0.29, 0.717) is 13.0 Å². The summed E-state index contributed by atoms with van der Waals surface area (Å²) in [5.41, 5.74) is 0.0873. The van der Waals surface area contributed by atoms with Gasteiger partial charge >= 0.3 is 0 Å². The Morgan fingerprint density at radius 3 is 2.82 bits per heavy atom. The minimum atomic E-state index is -0.863. The highest BCUT2D eigenvalue weighted by atomic mass is 16.5. The number of likely N-dealkylation sites (tertiary alicyclic amines) is 1. The molecule has 0 aromatic heterocycles. The van der Waals surface area contributed by atoms with Crippen molar-refractivity contribution in [3.8, 4) is 0 Å². The Kier molecular flexibility index (Phi) is 3.82. The monoisotopic (exact) mass is 235 g/mol. The number of hydrogen-bond acceptors (Lipinski definition) is 2. The molecule has 1 aromatic rings. The topological polar surface area (TPSA) is 33.9 Å². The van der Waals surface area contributed by atoms with E-state index in [4.69, 9.17) is 4.74 Å². The number of benzene rings is 1. The zero-order chi connectivity index (χ0) is 12.3. The van der Waals surface area contributed by atoms with E-state index in [1.807, 2.05) is 37.3 Å². The number of rotatable bonds is 3. The molecule has 2 rings (SSSR count). The van der Waals surface area contributed by atoms with Gasteiger partial charge < -0.3 is 14.7 Å². The molecule has 3 nitrogen and oxygen atoms in total. The smallest absolute Gasteiger partial charge is 0.137 e. The van der Waals surface area contributed by atoms with Crippen molar-refractivity contribution < 1.29 is 14.7 Å². The van der Waals surface area contributed by atoms with Crippen LogP contribution in [-0.4, -0.2) is 30.9 Å². The summed E-state index contributed by atoms with van der Waals surface area (Å²) in [6.45, 7) is 4.20. The largest absolute Gasteiger partial charge is 0.465 e. The van der Waals surface area contributed by atoms with Crippen LogP contribution in [-0.2, 0) is 10.3 Å². The maximum absolute atomic E-state index is 10.9. The summed E-state index contributed by atoms with van der Waals surface area (Å²) < 4.78 is 5.71. The first-order chi connectivity index (χ1) is 8.16. The van der Waals surface area contributed by atoms with Crippen LogP contribution in [0.25, 0.3) is 0 Å². The Morgan fingerprint density at radius 1 is 1.47 bits per heavy atom. The Bertz CT molecular complexity index is 354. The van der Waals surface area contributed by atoms with Gasteiger partial charge in [0.2, 0.25) is 0 Å². The van der Waals surface area contributed by atoms with E-state index in [9.17, 15) is 5.11 Å². The van der Waals surface area contributed by atoms with Gasteiger partial charge in [0.15, 0.2) is 0 Å². The average molecular weight is 235 g/mol. The molecule has 1 fully saturated rings. The molecular weight excluding hydrogens is 214 g/mol. The van der Waals surface area contributed by atoms with E-state index in [-0.39, 0.29) is 6.10 Å². The van der Waals surface area contributed by atoms with Gasteiger partial charge in [0.05, 0.1) is 13.1 Å². The second-order valence-electron chi connectivity index (χ2n) is 4.69. The third-order valence-electron chi connectivity index (χ3n) is 3.51. The number of nitrogens with one attached hydrogen (secondary N) is 1. The van der Waals surface area contributed by atoms with Crippen LogP contribution in [0.4, 0.5) is 0 Å². The molecule has 0 spiro atoms. The summed E-state index contributed by atoms with van der Waals surface area (Å²) in [7, 11) is 4.01. The Hall–Kier alpha value is -0.900. The molecule has 3 unspecified atom stereocenters. The van der Waals surface area contributed by atoms with Crippen molar-refractivity contribution in [1.29, 1.82) is 0 Å². The van der Waals surface area contributed by atoms with Gasteiger partial charge in [0.1, 0.15) is 11.7 Å². The fourth-order valence-corrected chi connectivity index (χ4v) is 2.52. The molecule has 0 radical (unpaired) electrons. The Labute approximate surface area is 103 Å². The van der Waals surface area contributed by atoms with E-state index < -0.39 is 5.60 Å². The summed E-state index contributed by atoms with van der Waals surface area (Å²) in [5, 5.41) is 10.9. The molecule has 1 aliphatic heterocycles. The molecule has 0 aliphatic carbocycles. The van der Waals surface area contributed by atoms with Crippen LogP contribution in [0.3, 0.4) is 0 Å². The Balaban J connectivity index is 2.26. The molecule has 2 N–H and O–H groups in total. The molecule has 0 amide bonds. The molecule has 94 valence electrons. The normalized spacial score (nSPS) is 33.6. The number of hydrogen-bond donors (Lipinski definition) is 2. The van der Waals surface area contributed by atoms with Crippen molar-refractivity contribution >= 4 is 0 Å². The summed E-state index contributed by atoms with van der Waals surface area (Å²) in [6, 6.07) is 9.82. The van der Waals surface area contributed by atoms with Crippen molar-refractivity contribution in [2.75, 3.05) is 19.7 Å². The van der Waals surface area contributed by atoms with Crippen LogP contribution >= 0.6 is 0 Å². The minimum Gasteiger partial charge on any atom is -0.465 e.